The molecule has 14 heavy (non-hydrogen) atoms. The summed E-state index contributed by atoms with van der Waals surface area (Å²) in [5.74, 6) is 0. The summed E-state index contributed by atoms with van der Waals surface area (Å²) < 4.78 is 5.09. The molecular formula is C9H17NO4. The zero-order chi connectivity index (χ0) is 10.9. The summed E-state index contributed by atoms with van der Waals surface area (Å²) >= 11 is 0. The molecule has 1 saturated heterocycles. The lowest BCUT2D eigenvalue weighted by Crippen LogP contribution is -2.64. The molecule has 0 unspecified atom stereocenters. The van der Waals surface area contributed by atoms with Crippen molar-refractivity contribution < 1.29 is 19.7 Å². The third-order valence-electron chi connectivity index (χ3n) is 2.04. The Morgan fingerprint density at radius 2 is 2.14 bits per heavy atom. The van der Waals surface area contributed by atoms with Gasteiger partial charge in [-0.15, -0.1) is 0 Å². The maximum Gasteiger partial charge on any atom is 0.410 e. The lowest BCUT2D eigenvalue weighted by Gasteiger charge is -2.44. The first-order valence-electron chi connectivity index (χ1n) is 4.63. The lowest BCUT2D eigenvalue weighted by atomic mass is 10.0. The number of aliphatic hydroxyl groups is 2. The number of likely N-dealkylation sites (tertiary alicyclic amines) is 1. The van der Waals surface area contributed by atoms with E-state index in [1.54, 1.807) is 20.8 Å². The Kier molecular flexibility index (Phi) is 3.01. The Morgan fingerprint density at radius 1 is 1.57 bits per heavy atom. The maximum atomic E-state index is 11.4. The van der Waals surface area contributed by atoms with Crippen LogP contribution in [-0.2, 0) is 4.74 Å². The topological polar surface area (TPSA) is 70.0 Å². The number of aliphatic hydroxyl groups excluding tert-OH is 2. The maximum absolute atomic E-state index is 11.4. The zero-order valence-electron chi connectivity index (χ0n) is 8.73. The fourth-order valence-electron chi connectivity index (χ4n) is 1.28. The number of ether oxygens (including phenoxy) is 1. The first-order valence-corrected chi connectivity index (χ1v) is 4.63. The second-order valence-electron chi connectivity index (χ2n) is 4.45. The van der Waals surface area contributed by atoms with E-state index in [9.17, 15) is 9.90 Å². The van der Waals surface area contributed by atoms with Crippen LogP contribution in [0.3, 0.4) is 0 Å². The van der Waals surface area contributed by atoms with Gasteiger partial charge in [0.25, 0.3) is 0 Å². The molecule has 2 N–H and O–H groups in total. The van der Waals surface area contributed by atoms with E-state index in [1.165, 1.54) is 4.90 Å². The van der Waals surface area contributed by atoms with E-state index in [-0.39, 0.29) is 13.2 Å². The van der Waals surface area contributed by atoms with Crippen LogP contribution in [0.4, 0.5) is 4.79 Å². The van der Waals surface area contributed by atoms with Crippen LogP contribution in [0.25, 0.3) is 0 Å². The number of carbonyl (C=O) groups is 1. The van der Waals surface area contributed by atoms with Gasteiger partial charge in [0.05, 0.1) is 25.3 Å². The predicted molar refractivity (Wildman–Crippen MR) is 49.8 cm³/mol. The van der Waals surface area contributed by atoms with E-state index < -0.39 is 23.8 Å². The molecule has 0 aromatic carbocycles. The summed E-state index contributed by atoms with van der Waals surface area (Å²) in [6.07, 6.45) is -1.12. The van der Waals surface area contributed by atoms with Gasteiger partial charge in [-0.1, -0.05) is 0 Å². The molecule has 1 rings (SSSR count). The van der Waals surface area contributed by atoms with Gasteiger partial charge in [0.15, 0.2) is 0 Å². The van der Waals surface area contributed by atoms with Crippen molar-refractivity contribution in [3.63, 3.8) is 0 Å². The largest absolute Gasteiger partial charge is 0.444 e. The molecule has 0 aromatic rings. The number of hydrogen-bond acceptors (Lipinski definition) is 4. The number of rotatable bonds is 1. The fourth-order valence-corrected chi connectivity index (χ4v) is 1.28. The van der Waals surface area contributed by atoms with Crippen molar-refractivity contribution in [3.8, 4) is 0 Å². The first-order chi connectivity index (χ1) is 6.35. The second kappa shape index (κ2) is 3.74. The molecule has 0 bridgehead atoms. The van der Waals surface area contributed by atoms with Crippen LogP contribution in [0.15, 0.2) is 0 Å². The van der Waals surface area contributed by atoms with Gasteiger partial charge in [-0.3, -0.25) is 4.90 Å². The second-order valence-corrected chi connectivity index (χ2v) is 4.45. The highest BCUT2D eigenvalue weighted by Crippen LogP contribution is 2.21. The van der Waals surface area contributed by atoms with Gasteiger partial charge in [0.1, 0.15) is 5.60 Å². The summed E-state index contributed by atoms with van der Waals surface area (Å²) in [6.45, 7) is 5.32. The summed E-state index contributed by atoms with van der Waals surface area (Å²) in [5, 5.41) is 18.1. The predicted octanol–water partition coefficient (Wildman–Crippen LogP) is -0.0411. The van der Waals surface area contributed by atoms with Gasteiger partial charge in [0, 0.05) is 0 Å². The highest BCUT2D eigenvalue weighted by molar-refractivity contribution is 5.70. The Hall–Kier alpha value is -0.810. The van der Waals surface area contributed by atoms with Gasteiger partial charge in [0.2, 0.25) is 0 Å². The summed E-state index contributed by atoms with van der Waals surface area (Å²) in [7, 11) is 0. The van der Waals surface area contributed by atoms with Crippen molar-refractivity contribution in [2.75, 3.05) is 13.2 Å². The van der Waals surface area contributed by atoms with Crippen molar-refractivity contribution in [2.24, 2.45) is 0 Å². The van der Waals surface area contributed by atoms with Crippen LogP contribution in [-0.4, -0.2) is 52.1 Å². The van der Waals surface area contributed by atoms with E-state index in [4.69, 9.17) is 9.84 Å². The van der Waals surface area contributed by atoms with E-state index in [1.807, 2.05) is 0 Å². The summed E-state index contributed by atoms with van der Waals surface area (Å²) in [6, 6.07) is -0.509. The monoisotopic (exact) mass is 203 g/mol. The normalized spacial score (nSPS) is 27.1. The van der Waals surface area contributed by atoms with Crippen molar-refractivity contribution in [2.45, 2.75) is 38.5 Å². The van der Waals surface area contributed by atoms with Crippen LogP contribution in [0.5, 0.6) is 0 Å². The Labute approximate surface area is 83.3 Å². The molecule has 1 aliphatic rings. The SMILES string of the molecule is CC(C)(C)OC(=O)N1C[C@H](O)[C@H]1CO. The molecule has 1 amide bonds. The Balaban J connectivity index is 2.47. The molecule has 2 atom stereocenters. The van der Waals surface area contributed by atoms with E-state index in [2.05, 4.69) is 0 Å². The standard InChI is InChI=1S/C9H17NO4/c1-9(2,3)14-8(13)10-4-7(12)6(10)5-11/h6-7,11-12H,4-5H2,1-3H3/t6-,7+/m1/s1. The number of β-amino-alcohol motifs (C(OH)–C–C–N with tert-alkyl or cyclic N) is 1. The molecule has 0 aliphatic carbocycles. The third-order valence-corrected chi connectivity index (χ3v) is 2.04. The highest BCUT2D eigenvalue weighted by atomic mass is 16.6. The smallest absolute Gasteiger partial charge is 0.410 e. The zero-order valence-corrected chi connectivity index (χ0v) is 8.73. The number of carbonyl (C=O) groups excluding carboxylic acids is 1. The van der Waals surface area contributed by atoms with Crippen LogP contribution in [0, 0.1) is 0 Å². The van der Waals surface area contributed by atoms with E-state index in [0.29, 0.717) is 0 Å². The molecule has 0 radical (unpaired) electrons. The Bertz CT molecular complexity index is 223. The van der Waals surface area contributed by atoms with E-state index >= 15 is 0 Å². The molecule has 0 spiro atoms. The molecule has 1 aliphatic heterocycles. The first kappa shape index (κ1) is 11.3. The third kappa shape index (κ3) is 2.36. The molecule has 0 aromatic heterocycles. The lowest BCUT2D eigenvalue weighted by molar-refractivity contribution is -0.0857. The van der Waals surface area contributed by atoms with Crippen LogP contribution in [0.2, 0.25) is 0 Å². The van der Waals surface area contributed by atoms with Gasteiger partial charge < -0.3 is 14.9 Å². The van der Waals surface area contributed by atoms with Gasteiger partial charge in [-0.05, 0) is 20.8 Å². The minimum Gasteiger partial charge on any atom is -0.444 e. The quantitative estimate of drug-likeness (QED) is 0.627. The van der Waals surface area contributed by atoms with Crippen molar-refractivity contribution >= 4 is 6.09 Å². The summed E-state index contributed by atoms with van der Waals surface area (Å²) in [4.78, 5) is 12.8. The summed E-state index contributed by atoms with van der Waals surface area (Å²) in [5.41, 5.74) is -0.544. The van der Waals surface area contributed by atoms with Crippen LogP contribution >= 0.6 is 0 Å². The van der Waals surface area contributed by atoms with Gasteiger partial charge in [-0.2, -0.15) is 0 Å². The number of amides is 1. The Morgan fingerprint density at radius 3 is 2.50 bits per heavy atom. The average molecular weight is 203 g/mol. The number of nitrogens with zero attached hydrogens (tertiary/aromatic N) is 1. The van der Waals surface area contributed by atoms with Crippen LogP contribution in [0.1, 0.15) is 20.8 Å². The fraction of sp³-hybridized carbons (Fsp3) is 0.889. The number of hydrogen-bond donors (Lipinski definition) is 2. The average Bonchev–Trinajstić information content (AvgIpc) is 1.97. The molecular weight excluding hydrogens is 186 g/mol. The minimum atomic E-state index is -0.632. The van der Waals surface area contributed by atoms with Crippen LogP contribution < -0.4 is 0 Å². The van der Waals surface area contributed by atoms with Crippen molar-refractivity contribution in [1.29, 1.82) is 0 Å². The van der Waals surface area contributed by atoms with E-state index in [0.717, 1.165) is 0 Å². The van der Waals surface area contributed by atoms with Crippen molar-refractivity contribution in [3.05, 3.63) is 0 Å². The van der Waals surface area contributed by atoms with Crippen molar-refractivity contribution in [1.82, 2.24) is 4.90 Å². The molecule has 1 fully saturated rings. The molecule has 5 heteroatoms. The minimum absolute atomic E-state index is 0.236. The molecule has 0 saturated carbocycles. The highest BCUT2D eigenvalue weighted by Gasteiger charge is 2.42. The molecule has 82 valence electrons. The van der Waals surface area contributed by atoms with Gasteiger partial charge in [-0.25, -0.2) is 4.79 Å². The van der Waals surface area contributed by atoms with Gasteiger partial charge >= 0.3 is 6.09 Å². The molecule has 5 nitrogen and oxygen atoms in total. The molecule has 1 heterocycles.